The maximum absolute atomic E-state index is 12.5. The van der Waals surface area contributed by atoms with Crippen LogP contribution in [-0.2, 0) is 12.6 Å². The molecular formula is C17H22BrF3. The van der Waals surface area contributed by atoms with Gasteiger partial charge in [0.25, 0.3) is 0 Å². The molecule has 1 fully saturated rings. The largest absolute Gasteiger partial charge is 0.416 e. The zero-order chi connectivity index (χ0) is 15.3. The third-order valence-corrected chi connectivity index (χ3v) is 5.13. The predicted molar refractivity (Wildman–Crippen MR) is 83.7 cm³/mol. The summed E-state index contributed by atoms with van der Waals surface area (Å²) < 4.78 is 37.5. The summed E-state index contributed by atoms with van der Waals surface area (Å²) in [7, 11) is 0. The molecule has 2 rings (SSSR count). The molecule has 21 heavy (non-hydrogen) atoms. The Bertz CT molecular complexity index is 419. The van der Waals surface area contributed by atoms with Crippen LogP contribution < -0.4 is 0 Å². The minimum absolute atomic E-state index is 0.358. The van der Waals surface area contributed by atoms with Gasteiger partial charge in [-0.15, -0.1) is 0 Å². The second-order valence-corrected chi connectivity index (χ2v) is 7.37. The average molecular weight is 363 g/mol. The Hall–Kier alpha value is -0.510. The van der Waals surface area contributed by atoms with E-state index in [0.29, 0.717) is 4.83 Å². The van der Waals surface area contributed by atoms with Gasteiger partial charge in [-0.05, 0) is 42.9 Å². The lowest BCUT2D eigenvalue weighted by Crippen LogP contribution is -2.10. The smallest absolute Gasteiger partial charge is 0.166 e. The Balaban J connectivity index is 1.78. The molecule has 1 saturated carbocycles. The molecule has 0 amide bonds. The van der Waals surface area contributed by atoms with Crippen LogP contribution in [0.2, 0.25) is 0 Å². The van der Waals surface area contributed by atoms with Crippen molar-refractivity contribution in [3.8, 4) is 0 Å². The van der Waals surface area contributed by atoms with Crippen molar-refractivity contribution in [3.63, 3.8) is 0 Å². The van der Waals surface area contributed by atoms with Crippen molar-refractivity contribution in [2.24, 2.45) is 5.92 Å². The number of benzene rings is 1. The molecule has 118 valence electrons. The summed E-state index contributed by atoms with van der Waals surface area (Å²) in [6, 6.07) is 5.54. The second-order valence-electron chi connectivity index (χ2n) is 6.08. The van der Waals surface area contributed by atoms with E-state index in [1.807, 2.05) is 0 Å². The fourth-order valence-corrected chi connectivity index (χ4v) is 3.72. The van der Waals surface area contributed by atoms with Gasteiger partial charge in [0.05, 0.1) is 5.56 Å². The molecule has 0 aromatic heterocycles. The highest BCUT2D eigenvalue weighted by atomic mass is 79.9. The molecule has 0 spiro atoms. The first-order valence-corrected chi connectivity index (χ1v) is 8.67. The highest BCUT2D eigenvalue weighted by Crippen LogP contribution is 2.31. The van der Waals surface area contributed by atoms with Gasteiger partial charge in [-0.25, -0.2) is 0 Å². The van der Waals surface area contributed by atoms with E-state index in [-0.39, 0.29) is 0 Å². The quantitative estimate of drug-likeness (QED) is 0.533. The minimum atomic E-state index is -4.24. The van der Waals surface area contributed by atoms with Crippen LogP contribution >= 0.6 is 15.9 Å². The number of halogens is 4. The van der Waals surface area contributed by atoms with Gasteiger partial charge in [0, 0.05) is 4.83 Å². The van der Waals surface area contributed by atoms with E-state index in [4.69, 9.17) is 0 Å². The van der Waals surface area contributed by atoms with E-state index in [1.54, 1.807) is 12.1 Å². The topological polar surface area (TPSA) is 0 Å². The van der Waals surface area contributed by atoms with Crippen molar-refractivity contribution >= 4 is 15.9 Å². The van der Waals surface area contributed by atoms with Crippen LogP contribution in [0.4, 0.5) is 13.2 Å². The number of hydrogen-bond donors (Lipinski definition) is 0. The molecular weight excluding hydrogens is 341 g/mol. The molecule has 1 unspecified atom stereocenters. The van der Waals surface area contributed by atoms with Crippen molar-refractivity contribution in [2.75, 3.05) is 0 Å². The fourth-order valence-electron chi connectivity index (χ4n) is 3.08. The van der Waals surface area contributed by atoms with Crippen LogP contribution in [0.1, 0.15) is 56.1 Å². The van der Waals surface area contributed by atoms with Gasteiger partial charge in [-0.3, -0.25) is 0 Å². The van der Waals surface area contributed by atoms with E-state index < -0.39 is 11.7 Å². The summed E-state index contributed by atoms with van der Waals surface area (Å²) in [4.78, 5) is 0.358. The number of rotatable bonds is 5. The first-order valence-electron chi connectivity index (χ1n) is 7.75. The molecule has 0 N–H and O–H groups in total. The molecule has 0 nitrogen and oxygen atoms in total. The van der Waals surface area contributed by atoms with E-state index in [0.717, 1.165) is 24.3 Å². The summed E-state index contributed by atoms with van der Waals surface area (Å²) in [5.41, 5.74) is 0.396. The molecule has 4 heteroatoms. The molecule has 0 heterocycles. The highest BCUT2D eigenvalue weighted by Gasteiger charge is 2.29. The molecule has 1 aliphatic rings. The van der Waals surface area contributed by atoms with Gasteiger partial charge < -0.3 is 0 Å². The zero-order valence-electron chi connectivity index (χ0n) is 12.1. The van der Waals surface area contributed by atoms with Crippen molar-refractivity contribution in [3.05, 3.63) is 35.4 Å². The van der Waals surface area contributed by atoms with Crippen LogP contribution in [0.25, 0.3) is 0 Å². The van der Waals surface area contributed by atoms with E-state index >= 15 is 0 Å². The summed E-state index contributed by atoms with van der Waals surface area (Å²) in [6.45, 7) is 0. The molecule has 0 aliphatic heterocycles. The van der Waals surface area contributed by atoms with Crippen LogP contribution in [0.5, 0.6) is 0 Å². The van der Waals surface area contributed by atoms with E-state index in [2.05, 4.69) is 15.9 Å². The van der Waals surface area contributed by atoms with Gasteiger partial charge in [-0.2, -0.15) is 13.2 Å². The van der Waals surface area contributed by atoms with Crippen LogP contribution in [0.15, 0.2) is 24.3 Å². The first-order chi connectivity index (χ1) is 9.95. The molecule has 1 aromatic rings. The number of hydrogen-bond acceptors (Lipinski definition) is 0. The molecule has 1 aromatic carbocycles. The van der Waals surface area contributed by atoms with Crippen molar-refractivity contribution in [1.82, 2.24) is 0 Å². The Kier molecular flexibility index (Phi) is 6.15. The third-order valence-electron chi connectivity index (χ3n) is 4.35. The van der Waals surface area contributed by atoms with Crippen molar-refractivity contribution < 1.29 is 13.2 Å². The van der Waals surface area contributed by atoms with Gasteiger partial charge in [-0.1, -0.05) is 60.2 Å². The molecule has 1 aliphatic carbocycles. The summed E-state index contributed by atoms with van der Waals surface area (Å²) in [5, 5.41) is 0. The zero-order valence-corrected chi connectivity index (χ0v) is 13.7. The normalized spacial score (nSPS) is 18.7. The number of alkyl halides is 4. The van der Waals surface area contributed by atoms with E-state index in [1.165, 1.54) is 50.7 Å². The fraction of sp³-hybridized carbons (Fsp3) is 0.647. The Labute approximate surface area is 133 Å². The van der Waals surface area contributed by atoms with Crippen molar-refractivity contribution in [1.29, 1.82) is 0 Å². The molecule has 1 atom stereocenters. The molecule has 0 bridgehead atoms. The highest BCUT2D eigenvalue weighted by molar-refractivity contribution is 9.09. The van der Waals surface area contributed by atoms with Gasteiger partial charge >= 0.3 is 6.18 Å². The van der Waals surface area contributed by atoms with Crippen LogP contribution in [0, 0.1) is 5.92 Å². The minimum Gasteiger partial charge on any atom is -0.166 e. The standard InChI is InChI=1S/C17H22BrF3/c18-16(11-8-13-4-2-1-3-5-13)12-14-6-9-15(10-7-14)17(19,20)21/h6-7,9-10,13,16H,1-5,8,11-12H2. The van der Waals surface area contributed by atoms with Gasteiger partial charge in [0.1, 0.15) is 0 Å². The molecule has 0 saturated heterocycles. The predicted octanol–water partition coefficient (Wildman–Crippen LogP) is 6.37. The third kappa shape index (κ3) is 5.65. The monoisotopic (exact) mass is 362 g/mol. The second kappa shape index (κ2) is 7.66. The first kappa shape index (κ1) is 16.9. The Morgan fingerprint density at radius 2 is 1.67 bits per heavy atom. The summed E-state index contributed by atoms with van der Waals surface area (Å²) >= 11 is 3.68. The lowest BCUT2D eigenvalue weighted by molar-refractivity contribution is -0.137. The average Bonchev–Trinajstić information content (AvgIpc) is 2.46. The SMILES string of the molecule is FC(F)(F)c1ccc(CC(Br)CCC2CCCCC2)cc1. The summed E-state index contributed by atoms with van der Waals surface area (Å²) in [6.07, 6.45) is 5.67. The summed E-state index contributed by atoms with van der Waals surface area (Å²) in [5.74, 6) is 0.853. The van der Waals surface area contributed by atoms with Gasteiger partial charge in [0.15, 0.2) is 0 Å². The van der Waals surface area contributed by atoms with Crippen molar-refractivity contribution in [2.45, 2.75) is 62.4 Å². The maximum atomic E-state index is 12.5. The van der Waals surface area contributed by atoms with Gasteiger partial charge in [0.2, 0.25) is 0 Å². The maximum Gasteiger partial charge on any atom is 0.416 e. The van der Waals surface area contributed by atoms with Crippen LogP contribution in [0.3, 0.4) is 0 Å². The van der Waals surface area contributed by atoms with E-state index in [9.17, 15) is 13.2 Å². The Morgan fingerprint density at radius 1 is 1.05 bits per heavy atom. The van der Waals surface area contributed by atoms with Crippen LogP contribution in [-0.4, -0.2) is 4.83 Å². The molecule has 0 radical (unpaired) electrons. The lowest BCUT2D eigenvalue weighted by Gasteiger charge is -2.22. The Morgan fingerprint density at radius 3 is 2.24 bits per heavy atom. The lowest BCUT2D eigenvalue weighted by atomic mass is 9.85.